The molecular weight excluding hydrogens is 276 g/mol. The average Bonchev–Trinajstić information content (AvgIpc) is 2.68. The van der Waals surface area contributed by atoms with Crippen LogP contribution in [0.15, 0.2) is 0 Å². The van der Waals surface area contributed by atoms with Crippen LogP contribution >= 0.6 is 0 Å². The second-order valence-electron chi connectivity index (χ2n) is 5.34. The summed E-state index contributed by atoms with van der Waals surface area (Å²) in [6.07, 6.45) is 0.632. The second-order valence-corrected chi connectivity index (χ2v) is 5.34. The van der Waals surface area contributed by atoms with E-state index in [9.17, 15) is 19.2 Å². The average molecular weight is 296 g/mol. The van der Waals surface area contributed by atoms with Crippen molar-refractivity contribution in [3.63, 3.8) is 0 Å². The highest BCUT2D eigenvalue weighted by atomic mass is 16.2. The van der Waals surface area contributed by atoms with E-state index >= 15 is 0 Å². The molecule has 2 aliphatic rings. The molecular formula is C13H20N4O4. The molecule has 2 rings (SSSR count). The van der Waals surface area contributed by atoms with Gasteiger partial charge in [0, 0.05) is 33.1 Å². The van der Waals surface area contributed by atoms with E-state index in [0.717, 1.165) is 0 Å². The Labute approximate surface area is 123 Å². The van der Waals surface area contributed by atoms with Crippen molar-refractivity contribution in [3.05, 3.63) is 0 Å². The Balaban J connectivity index is 1.81. The number of piperazine rings is 1. The van der Waals surface area contributed by atoms with Gasteiger partial charge in [-0.1, -0.05) is 0 Å². The van der Waals surface area contributed by atoms with Gasteiger partial charge in [0.1, 0.15) is 12.6 Å². The van der Waals surface area contributed by atoms with Gasteiger partial charge in [-0.25, -0.2) is 4.79 Å². The summed E-state index contributed by atoms with van der Waals surface area (Å²) in [6.45, 7) is 2.98. The van der Waals surface area contributed by atoms with Gasteiger partial charge in [0.25, 0.3) is 0 Å². The molecule has 21 heavy (non-hydrogen) atoms. The van der Waals surface area contributed by atoms with Crippen LogP contribution in [0, 0.1) is 0 Å². The zero-order chi connectivity index (χ0) is 15.6. The molecule has 0 aliphatic carbocycles. The number of imide groups is 1. The smallest absolute Gasteiger partial charge is 0.326 e. The lowest BCUT2D eigenvalue weighted by Crippen LogP contribution is -2.55. The number of carbonyl (C=O) groups is 4. The molecule has 1 atom stereocenters. The molecule has 0 spiro atoms. The summed E-state index contributed by atoms with van der Waals surface area (Å²) in [7, 11) is 1.57. The van der Waals surface area contributed by atoms with Crippen molar-refractivity contribution in [3.8, 4) is 0 Å². The van der Waals surface area contributed by atoms with Gasteiger partial charge < -0.3 is 15.1 Å². The first-order valence-corrected chi connectivity index (χ1v) is 7.04. The highest BCUT2D eigenvalue weighted by molar-refractivity contribution is 6.01. The first-order chi connectivity index (χ1) is 9.91. The maximum atomic E-state index is 12.1. The molecule has 5 amide bonds. The second kappa shape index (κ2) is 6.11. The van der Waals surface area contributed by atoms with E-state index in [4.69, 9.17) is 0 Å². The molecule has 2 saturated heterocycles. The Bertz CT molecular complexity index is 479. The lowest BCUT2D eigenvalue weighted by atomic mass is 10.1. The molecule has 2 aliphatic heterocycles. The minimum atomic E-state index is -0.465. The van der Waals surface area contributed by atoms with Gasteiger partial charge >= 0.3 is 6.03 Å². The van der Waals surface area contributed by atoms with Crippen LogP contribution in [0.4, 0.5) is 4.79 Å². The zero-order valence-electron chi connectivity index (χ0n) is 12.3. The normalized spacial score (nSPS) is 22.9. The third-order valence-electron chi connectivity index (χ3n) is 3.82. The maximum absolute atomic E-state index is 12.1. The van der Waals surface area contributed by atoms with Gasteiger partial charge in [0.15, 0.2) is 0 Å². The Morgan fingerprint density at radius 1 is 1.33 bits per heavy atom. The lowest BCUT2D eigenvalue weighted by molar-refractivity contribution is -0.142. The monoisotopic (exact) mass is 296 g/mol. The van der Waals surface area contributed by atoms with Gasteiger partial charge in [-0.2, -0.15) is 0 Å². The van der Waals surface area contributed by atoms with Crippen LogP contribution in [0.1, 0.15) is 19.8 Å². The summed E-state index contributed by atoms with van der Waals surface area (Å²) in [5.74, 6) is -0.508. The van der Waals surface area contributed by atoms with Crippen LogP contribution in [-0.4, -0.2) is 77.7 Å². The minimum absolute atomic E-state index is 0.0934. The van der Waals surface area contributed by atoms with Gasteiger partial charge in [-0.15, -0.1) is 0 Å². The molecule has 8 heteroatoms. The molecule has 8 nitrogen and oxygen atoms in total. The number of nitrogens with zero attached hydrogens (tertiary/aromatic N) is 3. The van der Waals surface area contributed by atoms with E-state index in [1.807, 2.05) is 0 Å². The molecule has 2 heterocycles. The third-order valence-corrected chi connectivity index (χ3v) is 3.82. The predicted molar refractivity (Wildman–Crippen MR) is 73.2 cm³/mol. The standard InChI is InChI=1S/C13H20N4O4/c1-9-12(20)14-5-7-16(9)10(18)4-3-6-17-11(19)8-15(2)13(17)21/h9H,3-8H2,1-2H3,(H,14,20). The summed E-state index contributed by atoms with van der Waals surface area (Å²) in [6, 6.07) is -0.786. The molecule has 0 aromatic heterocycles. The number of carbonyl (C=O) groups excluding carboxylic acids is 4. The maximum Gasteiger partial charge on any atom is 0.326 e. The Morgan fingerprint density at radius 2 is 2.05 bits per heavy atom. The number of urea groups is 1. The first-order valence-electron chi connectivity index (χ1n) is 7.04. The zero-order valence-corrected chi connectivity index (χ0v) is 12.3. The largest absolute Gasteiger partial charge is 0.353 e. The van der Waals surface area contributed by atoms with E-state index in [1.54, 1.807) is 18.9 Å². The summed E-state index contributed by atoms with van der Waals surface area (Å²) >= 11 is 0. The Kier molecular flexibility index (Phi) is 4.44. The van der Waals surface area contributed by atoms with Gasteiger partial charge in [-0.05, 0) is 13.3 Å². The van der Waals surface area contributed by atoms with Crippen molar-refractivity contribution in [1.29, 1.82) is 0 Å². The van der Waals surface area contributed by atoms with Gasteiger partial charge in [0.2, 0.25) is 17.7 Å². The van der Waals surface area contributed by atoms with Crippen molar-refractivity contribution in [2.24, 2.45) is 0 Å². The number of rotatable bonds is 4. The van der Waals surface area contributed by atoms with E-state index in [-0.39, 0.29) is 43.3 Å². The molecule has 0 saturated carbocycles. The lowest BCUT2D eigenvalue weighted by Gasteiger charge is -2.33. The van der Waals surface area contributed by atoms with Gasteiger partial charge in [-0.3, -0.25) is 19.3 Å². The van der Waals surface area contributed by atoms with Crippen LogP contribution in [0.3, 0.4) is 0 Å². The quantitative estimate of drug-likeness (QED) is 0.674. The predicted octanol–water partition coefficient (Wildman–Crippen LogP) is -0.992. The van der Waals surface area contributed by atoms with E-state index in [1.165, 1.54) is 9.80 Å². The third kappa shape index (κ3) is 3.14. The van der Waals surface area contributed by atoms with E-state index in [0.29, 0.717) is 19.5 Å². The fourth-order valence-electron chi connectivity index (χ4n) is 2.54. The summed E-state index contributed by atoms with van der Waals surface area (Å²) in [5, 5.41) is 2.70. The summed E-state index contributed by atoms with van der Waals surface area (Å²) < 4.78 is 0. The number of likely N-dealkylation sites (N-methyl/N-ethyl adjacent to an activating group) is 1. The van der Waals surface area contributed by atoms with E-state index in [2.05, 4.69) is 5.32 Å². The summed E-state index contributed by atoms with van der Waals surface area (Å²) in [4.78, 5) is 50.9. The molecule has 116 valence electrons. The van der Waals surface area contributed by atoms with Crippen LogP contribution in [0.5, 0.6) is 0 Å². The molecule has 1 N–H and O–H groups in total. The molecule has 1 unspecified atom stereocenters. The van der Waals surface area contributed by atoms with Crippen molar-refractivity contribution in [2.45, 2.75) is 25.8 Å². The van der Waals surface area contributed by atoms with Gasteiger partial charge in [0.05, 0.1) is 0 Å². The highest BCUT2D eigenvalue weighted by Gasteiger charge is 2.33. The van der Waals surface area contributed by atoms with Crippen LogP contribution in [-0.2, 0) is 14.4 Å². The fraction of sp³-hybridized carbons (Fsp3) is 0.692. The Hall–Kier alpha value is -2.12. The van der Waals surface area contributed by atoms with Crippen LogP contribution in [0.25, 0.3) is 0 Å². The van der Waals surface area contributed by atoms with Crippen molar-refractivity contribution in [1.82, 2.24) is 20.0 Å². The summed E-state index contributed by atoms with van der Waals surface area (Å²) in [5.41, 5.74) is 0. The number of nitrogens with one attached hydrogen (secondary N) is 1. The molecule has 0 bridgehead atoms. The molecule has 0 aromatic rings. The number of amides is 5. The van der Waals surface area contributed by atoms with Crippen molar-refractivity contribution >= 4 is 23.8 Å². The van der Waals surface area contributed by atoms with Crippen molar-refractivity contribution in [2.75, 3.05) is 33.2 Å². The topological polar surface area (TPSA) is 90.0 Å². The minimum Gasteiger partial charge on any atom is -0.353 e. The number of hydrogen-bond acceptors (Lipinski definition) is 4. The van der Waals surface area contributed by atoms with Crippen molar-refractivity contribution < 1.29 is 19.2 Å². The molecule has 0 radical (unpaired) electrons. The fourth-order valence-corrected chi connectivity index (χ4v) is 2.54. The Morgan fingerprint density at radius 3 is 2.67 bits per heavy atom. The highest BCUT2D eigenvalue weighted by Crippen LogP contribution is 2.11. The van der Waals surface area contributed by atoms with E-state index < -0.39 is 6.04 Å². The SMILES string of the molecule is CC1C(=O)NCCN1C(=O)CCCN1C(=O)CN(C)C1=O. The molecule has 0 aromatic carbocycles. The van der Waals surface area contributed by atoms with Crippen LogP contribution in [0.2, 0.25) is 0 Å². The first kappa shape index (κ1) is 15.3. The molecule has 2 fully saturated rings. The van der Waals surface area contributed by atoms with Crippen LogP contribution < -0.4 is 5.32 Å². The number of hydrogen-bond donors (Lipinski definition) is 1.